The number of fused-ring (bicyclic) bond motifs is 1. The molecule has 1 saturated heterocycles. The molecule has 136 valence electrons. The van der Waals surface area contributed by atoms with E-state index in [1.54, 1.807) is 18.4 Å². The van der Waals surface area contributed by atoms with Gasteiger partial charge < -0.3 is 14.5 Å². The Morgan fingerprint density at radius 2 is 1.73 bits per heavy atom. The van der Waals surface area contributed by atoms with Crippen molar-refractivity contribution in [2.24, 2.45) is 0 Å². The van der Waals surface area contributed by atoms with Crippen LogP contribution < -0.4 is 14.5 Å². The summed E-state index contributed by atoms with van der Waals surface area (Å²) < 4.78 is 5.26. The lowest BCUT2D eigenvalue weighted by atomic mass is 10.2. The molecule has 0 saturated carbocycles. The van der Waals surface area contributed by atoms with Crippen molar-refractivity contribution in [3.63, 3.8) is 0 Å². The number of aromatic nitrogens is 2. The summed E-state index contributed by atoms with van der Waals surface area (Å²) >= 11 is 1.76. The van der Waals surface area contributed by atoms with Gasteiger partial charge in [-0.1, -0.05) is 6.92 Å². The lowest BCUT2D eigenvalue weighted by Gasteiger charge is -2.37. The van der Waals surface area contributed by atoms with Crippen molar-refractivity contribution in [1.29, 1.82) is 0 Å². The monoisotopic (exact) mass is 368 g/mol. The first kappa shape index (κ1) is 17.1. The molecule has 1 aromatic carbocycles. The van der Waals surface area contributed by atoms with Crippen LogP contribution in [0.25, 0.3) is 10.2 Å². The minimum atomic E-state index is 0.867. The van der Waals surface area contributed by atoms with E-state index in [4.69, 9.17) is 14.7 Å². The van der Waals surface area contributed by atoms with E-state index in [-0.39, 0.29) is 0 Å². The topological polar surface area (TPSA) is 41.5 Å². The van der Waals surface area contributed by atoms with Crippen LogP contribution in [0.1, 0.15) is 17.6 Å². The molecule has 26 heavy (non-hydrogen) atoms. The third-order valence-corrected chi connectivity index (χ3v) is 5.82. The molecule has 4 rings (SSSR count). The van der Waals surface area contributed by atoms with Crippen LogP contribution in [0.15, 0.2) is 30.3 Å². The summed E-state index contributed by atoms with van der Waals surface area (Å²) in [5, 5.41) is 1.20. The Balaban J connectivity index is 1.55. The van der Waals surface area contributed by atoms with Crippen LogP contribution in [0, 0.1) is 6.92 Å². The fourth-order valence-electron chi connectivity index (χ4n) is 3.44. The van der Waals surface area contributed by atoms with Gasteiger partial charge in [-0.05, 0) is 37.3 Å². The van der Waals surface area contributed by atoms with Crippen molar-refractivity contribution in [2.45, 2.75) is 20.3 Å². The molecule has 0 amide bonds. The van der Waals surface area contributed by atoms with Gasteiger partial charge in [-0.15, -0.1) is 11.3 Å². The molecular weight excluding hydrogens is 344 g/mol. The lowest BCUT2D eigenvalue weighted by molar-refractivity contribution is 0.415. The van der Waals surface area contributed by atoms with E-state index >= 15 is 0 Å². The molecule has 0 N–H and O–H groups in total. The molecule has 1 fully saturated rings. The SMILES string of the molecule is CCc1nc(N2CCN(c3ccc(OC)cc3)CC2)c2cc(C)sc2n1. The molecule has 1 aliphatic heterocycles. The third kappa shape index (κ3) is 3.21. The highest BCUT2D eigenvalue weighted by Gasteiger charge is 2.21. The van der Waals surface area contributed by atoms with Gasteiger partial charge in [0, 0.05) is 43.2 Å². The maximum atomic E-state index is 5.26. The number of aryl methyl sites for hydroxylation is 2. The Kier molecular flexibility index (Phi) is 4.68. The smallest absolute Gasteiger partial charge is 0.141 e. The van der Waals surface area contributed by atoms with Crippen molar-refractivity contribution in [1.82, 2.24) is 9.97 Å². The number of piperazine rings is 1. The molecule has 3 heterocycles. The van der Waals surface area contributed by atoms with Gasteiger partial charge in [-0.2, -0.15) is 0 Å². The summed E-state index contributed by atoms with van der Waals surface area (Å²) in [7, 11) is 1.70. The number of hydrogen-bond donors (Lipinski definition) is 0. The quantitative estimate of drug-likeness (QED) is 0.699. The predicted molar refractivity (Wildman–Crippen MR) is 109 cm³/mol. The molecule has 0 aliphatic carbocycles. The first-order valence-electron chi connectivity index (χ1n) is 9.09. The van der Waals surface area contributed by atoms with Crippen LogP contribution >= 0.6 is 11.3 Å². The molecule has 0 atom stereocenters. The van der Waals surface area contributed by atoms with Crippen LogP contribution in [0.3, 0.4) is 0 Å². The van der Waals surface area contributed by atoms with Gasteiger partial charge in [-0.25, -0.2) is 9.97 Å². The number of ether oxygens (including phenoxy) is 1. The van der Waals surface area contributed by atoms with Crippen molar-refractivity contribution < 1.29 is 4.74 Å². The van der Waals surface area contributed by atoms with E-state index in [1.165, 1.54) is 16.0 Å². The van der Waals surface area contributed by atoms with Gasteiger partial charge >= 0.3 is 0 Å². The lowest BCUT2D eigenvalue weighted by Crippen LogP contribution is -2.47. The second-order valence-corrected chi connectivity index (χ2v) is 7.80. The highest BCUT2D eigenvalue weighted by atomic mass is 32.1. The highest BCUT2D eigenvalue weighted by Crippen LogP contribution is 2.32. The zero-order valence-electron chi connectivity index (χ0n) is 15.5. The van der Waals surface area contributed by atoms with Crippen LogP contribution in [-0.4, -0.2) is 43.3 Å². The molecule has 6 heteroatoms. The third-order valence-electron chi connectivity index (χ3n) is 4.88. The van der Waals surface area contributed by atoms with Gasteiger partial charge in [0.25, 0.3) is 0 Å². The average Bonchev–Trinajstić information content (AvgIpc) is 3.07. The zero-order valence-corrected chi connectivity index (χ0v) is 16.3. The van der Waals surface area contributed by atoms with Gasteiger partial charge in [0.15, 0.2) is 0 Å². The molecule has 3 aromatic rings. The highest BCUT2D eigenvalue weighted by molar-refractivity contribution is 7.18. The molecule has 2 aromatic heterocycles. The van der Waals surface area contributed by atoms with Gasteiger partial charge in [0.1, 0.15) is 22.2 Å². The van der Waals surface area contributed by atoms with E-state index in [0.29, 0.717) is 0 Å². The van der Waals surface area contributed by atoms with Crippen molar-refractivity contribution in [2.75, 3.05) is 43.1 Å². The van der Waals surface area contributed by atoms with Crippen LogP contribution in [-0.2, 0) is 6.42 Å². The largest absolute Gasteiger partial charge is 0.497 e. The number of anilines is 2. The Morgan fingerprint density at radius 3 is 2.38 bits per heavy atom. The molecule has 0 radical (unpaired) electrons. The number of nitrogens with zero attached hydrogens (tertiary/aromatic N) is 4. The Hall–Kier alpha value is -2.34. The van der Waals surface area contributed by atoms with Gasteiger partial charge in [0.2, 0.25) is 0 Å². The van der Waals surface area contributed by atoms with E-state index in [9.17, 15) is 0 Å². The summed E-state index contributed by atoms with van der Waals surface area (Å²) in [6, 6.07) is 10.5. The zero-order chi connectivity index (χ0) is 18.1. The van der Waals surface area contributed by atoms with E-state index in [1.807, 2.05) is 12.1 Å². The minimum Gasteiger partial charge on any atom is -0.497 e. The fourth-order valence-corrected chi connectivity index (χ4v) is 4.33. The van der Waals surface area contributed by atoms with Crippen LogP contribution in [0.2, 0.25) is 0 Å². The van der Waals surface area contributed by atoms with E-state index in [0.717, 1.165) is 54.8 Å². The minimum absolute atomic E-state index is 0.867. The maximum absolute atomic E-state index is 5.26. The van der Waals surface area contributed by atoms with Crippen molar-refractivity contribution in [3.8, 4) is 5.75 Å². The standard InChI is InChI=1S/C20H24N4OS/c1-4-18-21-19(17-13-14(2)26-20(17)22-18)24-11-9-23(10-12-24)15-5-7-16(25-3)8-6-15/h5-8,13H,4,9-12H2,1-3H3. The van der Waals surface area contributed by atoms with Crippen LogP contribution in [0.4, 0.5) is 11.5 Å². The van der Waals surface area contributed by atoms with Crippen molar-refractivity contribution in [3.05, 3.63) is 41.0 Å². The summed E-state index contributed by atoms with van der Waals surface area (Å²) in [5.41, 5.74) is 1.25. The number of methoxy groups -OCH3 is 1. The van der Waals surface area contributed by atoms with Gasteiger partial charge in [-0.3, -0.25) is 0 Å². The number of thiophene rings is 1. The number of hydrogen-bond acceptors (Lipinski definition) is 6. The van der Waals surface area contributed by atoms with E-state index < -0.39 is 0 Å². The summed E-state index contributed by atoms with van der Waals surface area (Å²) in [4.78, 5) is 16.8. The maximum Gasteiger partial charge on any atom is 0.141 e. The van der Waals surface area contributed by atoms with Crippen LogP contribution in [0.5, 0.6) is 5.75 Å². The normalized spacial score (nSPS) is 14.9. The first-order chi connectivity index (χ1) is 12.7. The molecule has 0 bridgehead atoms. The molecule has 0 spiro atoms. The van der Waals surface area contributed by atoms with E-state index in [2.05, 4.69) is 41.8 Å². The second kappa shape index (κ2) is 7.11. The predicted octanol–water partition coefficient (Wildman–Crippen LogP) is 3.90. The number of rotatable bonds is 4. The molecule has 1 aliphatic rings. The average molecular weight is 369 g/mol. The number of benzene rings is 1. The fraction of sp³-hybridized carbons (Fsp3) is 0.400. The summed E-state index contributed by atoms with van der Waals surface area (Å²) in [6.45, 7) is 8.17. The Labute approximate surface area is 158 Å². The first-order valence-corrected chi connectivity index (χ1v) is 9.90. The van der Waals surface area contributed by atoms with Gasteiger partial charge in [0.05, 0.1) is 12.5 Å². The molecular formula is C20H24N4OS. The molecule has 0 unspecified atom stereocenters. The molecule has 5 nitrogen and oxygen atoms in total. The summed E-state index contributed by atoms with van der Waals surface area (Å²) in [5.74, 6) is 2.94. The Morgan fingerprint density at radius 1 is 1.04 bits per heavy atom. The second-order valence-electron chi connectivity index (χ2n) is 6.56. The van der Waals surface area contributed by atoms with Crippen molar-refractivity contribution >= 4 is 33.1 Å². The Bertz CT molecular complexity index is 898. The summed E-state index contributed by atoms with van der Waals surface area (Å²) in [6.07, 6.45) is 0.867.